The molecule has 6 nitrogen and oxygen atoms in total. The molecule has 0 bridgehead atoms. The quantitative estimate of drug-likeness (QED) is 0.732. The standard InChI is InChI=1S/C17H23N3O3/c1-2-3-10-22-15-6-4-14(5-7-15)17-19-18-16(23-17)13-20-8-11-21-12-9-20/h4-7H,2-3,8-13H2,1H3. The Kier molecular flexibility index (Phi) is 5.60. The van der Waals surface area contributed by atoms with Gasteiger partial charge in [0.1, 0.15) is 5.75 Å². The third-order valence-electron chi connectivity index (χ3n) is 3.80. The van der Waals surface area contributed by atoms with E-state index < -0.39 is 0 Å². The Morgan fingerprint density at radius 1 is 1.13 bits per heavy atom. The summed E-state index contributed by atoms with van der Waals surface area (Å²) in [6, 6.07) is 7.79. The number of rotatable bonds is 7. The van der Waals surface area contributed by atoms with Crippen molar-refractivity contribution in [3.63, 3.8) is 0 Å². The van der Waals surface area contributed by atoms with E-state index in [4.69, 9.17) is 13.9 Å². The second-order valence-corrected chi connectivity index (χ2v) is 5.62. The number of benzene rings is 1. The monoisotopic (exact) mass is 317 g/mol. The summed E-state index contributed by atoms with van der Waals surface area (Å²) in [5.74, 6) is 2.06. The maximum atomic E-state index is 5.77. The molecule has 6 heteroatoms. The average molecular weight is 317 g/mol. The zero-order chi connectivity index (χ0) is 15.9. The van der Waals surface area contributed by atoms with Crippen LogP contribution < -0.4 is 4.74 Å². The summed E-state index contributed by atoms with van der Waals surface area (Å²) in [6.07, 6.45) is 2.20. The third kappa shape index (κ3) is 4.53. The van der Waals surface area contributed by atoms with Crippen molar-refractivity contribution in [3.05, 3.63) is 30.2 Å². The van der Waals surface area contributed by atoms with Crippen LogP contribution in [0.2, 0.25) is 0 Å². The zero-order valence-electron chi connectivity index (χ0n) is 13.5. The van der Waals surface area contributed by atoms with Gasteiger partial charge in [-0.15, -0.1) is 10.2 Å². The van der Waals surface area contributed by atoms with Gasteiger partial charge in [-0.3, -0.25) is 4.90 Å². The van der Waals surface area contributed by atoms with Gasteiger partial charge < -0.3 is 13.9 Å². The van der Waals surface area contributed by atoms with Crippen molar-refractivity contribution in [2.75, 3.05) is 32.9 Å². The summed E-state index contributed by atoms with van der Waals surface area (Å²) >= 11 is 0. The molecule has 2 aromatic rings. The molecular formula is C17H23N3O3. The fourth-order valence-electron chi connectivity index (χ4n) is 2.41. The van der Waals surface area contributed by atoms with Crippen LogP contribution in [-0.4, -0.2) is 48.0 Å². The van der Waals surface area contributed by atoms with E-state index >= 15 is 0 Å². The van der Waals surface area contributed by atoms with Crippen LogP contribution in [0.25, 0.3) is 11.5 Å². The summed E-state index contributed by atoms with van der Waals surface area (Å²) < 4.78 is 16.8. The van der Waals surface area contributed by atoms with E-state index in [1.807, 2.05) is 24.3 Å². The van der Waals surface area contributed by atoms with Gasteiger partial charge in [0.2, 0.25) is 11.8 Å². The highest BCUT2D eigenvalue weighted by molar-refractivity contribution is 5.53. The molecule has 1 fully saturated rings. The smallest absolute Gasteiger partial charge is 0.247 e. The first-order chi connectivity index (χ1) is 11.3. The lowest BCUT2D eigenvalue weighted by atomic mass is 10.2. The van der Waals surface area contributed by atoms with E-state index in [0.29, 0.717) is 18.3 Å². The van der Waals surface area contributed by atoms with E-state index in [9.17, 15) is 0 Å². The van der Waals surface area contributed by atoms with Gasteiger partial charge in [0, 0.05) is 18.7 Å². The molecule has 124 valence electrons. The van der Waals surface area contributed by atoms with Gasteiger partial charge in [0.25, 0.3) is 0 Å². The highest BCUT2D eigenvalue weighted by Crippen LogP contribution is 2.22. The summed E-state index contributed by atoms with van der Waals surface area (Å²) in [4.78, 5) is 2.26. The number of ether oxygens (including phenoxy) is 2. The van der Waals surface area contributed by atoms with Crippen molar-refractivity contribution >= 4 is 0 Å². The fraction of sp³-hybridized carbons (Fsp3) is 0.529. The Bertz CT molecular complexity index is 591. The number of unbranched alkanes of at least 4 members (excludes halogenated alkanes) is 1. The minimum Gasteiger partial charge on any atom is -0.494 e. The molecule has 0 aliphatic carbocycles. The molecule has 2 heterocycles. The van der Waals surface area contributed by atoms with E-state index in [1.54, 1.807) is 0 Å². The SMILES string of the molecule is CCCCOc1ccc(-c2nnc(CN3CCOCC3)o2)cc1. The molecule has 0 atom stereocenters. The predicted molar refractivity (Wildman–Crippen MR) is 86.2 cm³/mol. The lowest BCUT2D eigenvalue weighted by molar-refractivity contribution is 0.0306. The summed E-state index contributed by atoms with van der Waals surface area (Å²) in [6.45, 7) is 6.91. The molecule has 23 heavy (non-hydrogen) atoms. The number of morpholine rings is 1. The minimum absolute atomic E-state index is 0.549. The van der Waals surface area contributed by atoms with Crippen molar-refractivity contribution in [3.8, 4) is 17.2 Å². The molecule has 0 amide bonds. The molecule has 3 rings (SSSR count). The molecule has 0 N–H and O–H groups in total. The Hall–Kier alpha value is -1.92. The van der Waals surface area contributed by atoms with Gasteiger partial charge in [-0.05, 0) is 30.7 Å². The van der Waals surface area contributed by atoms with Crippen LogP contribution >= 0.6 is 0 Å². The molecular weight excluding hydrogens is 294 g/mol. The Morgan fingerprint density at radius 2 is 1.91 bits per heavy atom. The number of hydrogen-bond acceptors (Lipinski definition) is 6. The number of aromatic nitrogens is 2. The molecule has 1 aliphatic heterocycles. The van der Waals surface area contributed by atoms with Gasteiger partial charge >= 0.3 is 0 Å². The second-order valence-electron chi connectivity index (χ2n) is 5.62. The Labute approximate surface area is 136 Å². The van der Waals surface area contributed by atoms with Crippen LogP contribution in [0.4, 0.5) is 0 Å². The second kappa shape index (κ2) is 8.08. The van der Waals surface area contributed by atoms with Crippen LogP contribution in [0.3, 0.4) is 0 Å². The normalized spacial score (nSPS) is 15.7. The van der Waals surface area contributed by atoms with Crippen molar-refractivity contribution in [1.29, 1.82) is 0 Å². The van der Waals surface area contributed by atoms with Gasteiger partial charge in [-0.25, -0.2) is 0 Å². The first-order valence-electron chi connectivity index (χ1n) is 8.21. The van der Waals surface area contributed by atoms with Crippen molar-refractivity contribution < 1.29 is 13.9 Å². The van der Waals surface area contributed by atoms with Gasteiger partial charge in [0.15, 0.2) is 0 Å². The predicted octanol–water partition coefficient (Wildman–Crippen LogP) is 2.75. The van der Waals surface area contributed by atoms with Crippen LogP contribution in [0.5, 0.6) is 5.75 Å². The van der Waals surface area contributed by atoms with E-state index in [0.717, 1.165) is 57.1 Å². The average Bonchev–Trinajstić information content (AvgIpc) is 3.05. The molecule has 1 aromatic heterocycles. The van der Waals surface area contributed by atoms with Crippen LogP contribution in [-0.2, 0) is 11.3 Å². The Balaban J connectivity index is 1.58. The number of hydrogen-bond donors (Lipinski definition) is 0. The fourth-order valence-corrected chi connectivity index (χ4v) is 2.41. The first-order valence-corrected chi connectivity index (χ1v) is 8.21. The molecule has 1 saturated heterocycles. The first kappa shape index (κ1) is 16.0. The van der Waals surface area contributed by atoms with Crippen molar-refractivity contribution in [2.45, 2.75) is 26.3 Å². The minimum atomic E-state index is 0.549. The largest absolute Gasteiger partial charge is 0.494 e. The van der Waals surface area contributed by atoms with E-state index in [2.05, 4.69) is 22.0 Å². The highest BCUT2D eigenvalue weighted by atomic mass is 16.5. The molecule has 0 spiro atoms. The highest BCUT2D eigenvalue weighted by Gasteiger charge is 2.15. The topological polar surface area (TPSA) is 60.6 Å². The lowest BCUT2D eigenvalue weighted by Crippen LogP contribution is -2.35. The summed E-state index contributed by atoms with van der Waals surface area (Å²) in [7, 11) is 0. The molecule has 1 aromatic carbocycles. The third-order valence-corrected chi connectivity index (χ3v) is 3.80. The molecule has 1 aliphatic rings. The van der Waals surface area contributed by atoms with Crippen LogP contribution in [0.1, 0.15) is 25.7 Å². The maximum absolute atomic E-state index is 5.77. The van der Waals surface area contributed by atoms with Gasteiger partial charge in [-0.1, -0.05) is 13.3 Å². The van der Waals surface area contributed by atoms with Gasteiger partial charge in [-0.2, -0.15) is 0 Å². The Morgan fingerprint density at radius 3 is 2.65 bits per heavy atom. The van der Waals surface area contributed by atoms with E-state index in [-0.39, 0.29) is 0 Å². The zero-order valence-corrected chi connectivity index (χ0v) is 13.5. The lowest BCUT2D eigenvalue weighted by Gasteiger charge is -2.24. The van der Waals surface area contributed by atoms with Crippen LogP contribution in [0.15, 0.2) is 28.7 Å². The van der Waals surface area contributed by atoms with Crippen molar-refractivity contribution in [1.82, 2.24) is 15.1 Å². The van der Waals surface area contributed by atoms with Gasteiger partial charge in [0.05, 0.1) is 26.4 Å². The summed E-state index contributed by atoms with van der Waals surface area (Å²) in [5.41, 5.74) is 0.911. The molecule has 0 unspecified atom stereocenters. The van der Waals surface area contributed by atoms with E-state index in [1.165, 1.54) is 0 Å². The molecule has 0 radical (unpaired) electrons. The molecule has 0 saturated carbocycles. The summed E-state index contributed by atoms with van der Waals surface area (Å²) in [5, 5.41) is 8.28. The van der Waals surface area contributed by atoms with Crippen LogP contribution in [0, 0.1) is 0 Å². The maximum Gasteiger partial charge on any atom is 0.247 e. The number of nitrogens with zero attached hydrogens (tertiary/aromatic N) is 3. The van der Waals surface area contributed by atoms with Crippen molar-refractivity contribution in [2.24, 2.45) is 0 Å².